The summed E-state index contributed by atoms with van der Waals surface area (Å²) < 4.78 is 6.43. The van der Waals surface area contributed by atoms with Crippen molar-refractivity contribution in [2.45, 2.75) is 64.3 Å². The molecule has 3 rings (SSSR count). The molecule has 3 N–H and O–H groups in total. The highest BCUT2D eigenvalue weighted by atomic mass is 35.5. The number of nitrogens with zero attached hydrogens (tertiary/aromatic N) is 3. The van der Waals surface area contributed by atoms with E-state index in [1.54, 1.807) is 0 Å². The number of anilines is 2. The van der Waals surface area contributed by atoms with Gasteiger partial charge in [-0.05, 0) is 32.1 Å². The Hall–Kier alpha value is -1.11. The SMILES string of the molecule is Cc1nc(N)nc(N2CCC3(CC2)C[C@H](O)C[C@H](C(C)C)O3)c1Cl. The lowest BCUT2D eigenvalue weighted by Crippen LogP contribution is -2.54. The number of halogens is 1. The monoisotopic (exact) mass is 354 g/mol. The Morgan fingerprint density at radius 1 is 1.33 bits per heavy atom. The molecule has 134 valence electrons. The van der Waals surface area contributed by atoms with Crippen LogP contribution < -0.4 is 10.6 Å². The van der Waals surface area contributed by atoms with Crippen LogP contribution >= 0.6 is 11.6 Å². The smallest absolute Gasteiger partial charge is 0.222 e. The van der Waals surface area contributed by atoms with E-state index >= 15 is 0 Å². The van der Waals surface area contributed by atoms with Crippen LogP contribution in [-0.2, 0) is 4.74 Å². The van der Waals surface area contributed by atoms with Crippen LogP contribution in [0.2, 0.25) is 5.02 Å². The Balaban J connectivity index is 1.74. The zero-order chi connectivity index (χ0) is 17.5. The average molecular weight is 355 g/mol. The van der Waals surface area contributed by atoms with Crippen LogP contribution in [0.3, 0.4) is 0 Å². The number of ether oxygens (including phenoxy) is 1. The van der Waals surface area contributed by atoms with E-state index in [9.17, 15) is 5.11 Å². The van der Waals surface area contributed by atoms with Crippen molar-refractivity contribution in [2.24, 2.45) is 5.92 Å². The summed E-state index contributed by atoms with van der Waals surface area (Å²) in [5.41, 5.74) is 6.24. The number of piperidine rings is 1. The van der Waals surface area contributed by atoms with Gasteiger partial charge in [0, 0.05) is 19.5 Å². The Morgan fingerprint density at radius 2 is 2.00 bits per heavy atom. The first-order chi connectivity index (χ1) is 11.3. The summed E-state index contributed by atoms with van der Waals surface area (Å²) in [6.07, 6.45) is 3.00. The van der Waals surface area contributed by atoms with E-state index in [1.165, 1.54) is 0 Å². The Labute approximate surface area is 148 Å². The maximum atomic E-state index is 10.3. The van der Waals surface area contributed by atoms with Gasteiger partial charge in [0.15, 0.2) is 5.82 Å². The largest absolute Gasteiger partial charge is 0.393 e. The van der Waals surface area contributed by atoms with Crippen LogP contribution in [0.1, 0.15) is 45.2 Å². The van der Waals surface area contributed by atoms with Crippen molar-refractivity contribution in [1.82, 2.24) is 9.97 Å². The van der Waals surface area contributed by atoms with Crippen LogP contribution in [0.15, 0.2) is 0 Å². The number of aromatic nitrogens is 2. The number of nitrogen functional groups attached to an aromatic ring is 1. The molecule has 1 aromatic heterocycles. The molecule has 2 saturated heterocycles. The minimum atomic E-state index is -0.279. The highest BCUT2D eigenvalue weighted by Crippen LogP contribution is 2.41. The summed E-state index contributed by atoms with van der Waals surface area (Å²) in [5, 5.41) is 10.9. The number of aliphatic hydroxyl groups is 1. The second kappa shape index (κ2) is 6.65. The van der Waals surface area contributed by atoms with Crippen molar-refractivity contribution in [2.75, 3.05) is 23.7 Å². The molecule has 1 aromatic rings. The molecule has 0 saturated carbocycles. The van der Waals surface area contributed by atoms with Gasteiger partial charge in [0.2, 0.25) is 5.95 Å². The van der Waals surface area contributed by atoms with Gasteiger partial charge in [-0.3, -0.25) is 0 Å². The molecule has 3 heterocycles. The zero-order valence-corrected chi connectivity index (χ0v) is 15.4. The normalized spacial score (nSPS) is 27.0. The molecule has 1 spiro atoms. The van der Waals surface area contributed by atoms with Crippen LogP contribution in [0.25, 0.3) is 0 Å². The molecule has 2 fully saturated rings. The molecule has 6 nitrogen and oxygen atoms in total. The molecular weight excluding hydrogens is 328 g/mol. The number of aryl methyl sites for hydroxylation is 1. The van der Waals surface area contributed by atoms with Gasteiger partial charge in [-0.1, -0.05) is 25.4 Å². The third-order valence-corrected chi connectivity index (χ3v) is 5.69. The Morgan fingerprint density at radius 3 is 2.62 bits per heavy atom. The Bertz CT molecular complexity index is 602. The highest BCUT2D eigenvalue weighted by Gasteiger charge is 2.44. The van der Waals surface area contributed by atoms with Crippen molar-refractivity contribution >= 4 is 23.4 Å². The first-order valence-corrected chi connectivity index (χ1v) is 9.08. The fourth-order valence-electron chi connectivity index (χ4n) is 3.83. The number of aliphatic hydroxyl groups excluding tert-OH is 1. The Kier molecular flexibility index (Phi) is 4.91. The standard InChI is InChI=1S/C17H27ClN4O2/c1-10(2)13-8-12(23)9-17(24-13)4-6-22(7-5-17)15-14(18)11(3)20-16(19)21-15/h10,12-13,23H,4-9H2,1-3H3,(H2,19,20,21)/t12-,13-/m1/s1. The third-order valence-electron chi connectivity index (χ3n) is 5.25. The third kappa shape index (κ3) is 3.46. The topological polar surface area (TPSA) is 84.5 Å². The lowest BCUT2D eigenvalue weighted by Gasteiger charge is -2.49. The van der Waals surface area contributed by atoms with Crippen LogP contribution in [-0.4, -0.2) is 46.0 Å². The van der Waals surface area contributed by atoms with Gasteiger partial charge in [0.05, 0.1) is 23.5 Å². The van der Waals surface area contributed by atoms with E-state index in [1.807, 2.05) is 6.92 Å². The predicted octanol–water partition coefficient (Wildman–Crippen LogP) is 2.56. The van der Waals surface area contributed by atoms with E-state index in [0.717, 1.165) is 32.4 Å². The van der Waals surface area contributed by atoms with Gasteiger partial charge in [-0.15, -0.1) is 0 Å². The molecule has 0 amide bonds. The molecule has 0 aromatic carbocycles. The second-order valence-electron chi connectivity index (χ2n) is 7.47. The minimum Gasteiger partial charge on any atom is -0.393 e. The summed E-state index contributed by atoms with van der Waals surface area (Å²) in [5.74, 6) is 1.36. The van der Waals surface area contributed by atoms with Gasteiger partial charge in [0.25, 0.3) is 0 Å². The molecule has 2 aliphatic heterocycles. The maximum Gasteiger partial charge on any atom is 0.222 e. The van der Waals surface area contributed by atoms with E-state index in [-0.39, 0.29) is 23.8 Å². The summed E-state index contributed by atoms with van der Waals surface area (Å²) in [6.45, 7) is 7.71. The lowest BCUT2D eigenvalue weighted by atomic mass is 9.80. The molecule has 0 aliphatic carbocycles. The minimum absolute atomic E-state index is 0.126. The van der Waals surface area contributed by atoms with Crippen molar-refractivity contribution in [3.63, 3.8) is 0 Å². The number of hydrogen-bond donors (Lipinski definition) is 2. The molecular formula is C17H27ClN4O2. The molecule has 2 aliphatic rings. The van der Waals surface area contributed by atoms with Gasteiger partial charge >= 0.3 is 0 Å². The maximum absolute atomic E-state index is 10.3. The fraction of sp³-hybridized carbons (Fsp3) is 0.765. The highest BCUT2D eigenvalue weighted by molar-refractivity contribution is 6.33. The van der Waals surface area contributed by atoms with Gasteiger partial charge in [-0.25, -0.2) is 4.98 Å². The van der Waals surface area contributed by atoms with Crippen molar-refractivity contribution < 1.29 is 9.84 Å². The first kappa shape index (κ1) is 17.7. The summed E-state index contributed by atoms with van der Waals surface area (Å²) >= 11 is 6.37. The quantitative estimate of drug-likeness (QED) is 0.849. The molecule has 24 heavy (non-hydrogen) atoms. The van der Waals surface area contributed by atoms with Gasteiger partial charge < -0.3 is 20.5 Å². The summed E-state index contributed by atoms with van der Waals surface area (Å²) in [6, 6.07) is 0. The van der Waals surface area contributed by atoms with E-state index < -0.39 is 0 Å². The van der Waals surface area contributed by atoms with Crippen molar-refractivity contribution in [3.05, 3.63) is 10.7 Å². The predicted molar refractivity (Wildman–Crippen MR) is 95.3 cm³/mol. The zero-order valence-electron chi connectivity index (χ0n) is 14.6. The summed E-state index contributed by atoms with van der Waals surface area (Å²) in [4.78, 5) is 10.6. The van der Waals surface area contributed by atoms with Gasteiger partial charge in [-0.2, -0.15) is 4.98 Å². The van der Waals surface area contributed by atoms with E-state index in [0.29, 0.717) is 28.9 Å². The average Bonchev–Trinajstić information content (AvgIpc) is 2.51. The van der Waals surface area contributed by atoms with Crippen molar-refractivity contribution in [1.29, 1.82) is 0 Å². The van der Waals surface area contributed by atoms with Crippen molar-refractivity contribution in [3.8, 4) is 0 Å². The van der Waals surface area contributed by atoms with Crippen LogP contribution in [0, 0.1) is 12.8 Å². The molecule has 2 atom stereocenters. The second-order valence-corrected chi connectivity index (χ2v) is 7.85. The molecule has 0 unspecified atom stereocenters. The van der Waals surface area contributed by atoms with Crippen LogP contribution in [0.5, 0.6) is 0 Å². The van der Waals surface area contributed by atoms with Gasteiger partial charge in [0.1, 0.15) is 5.02 Å². The van der Waals surface area contributed by atoms with E-state index in [4.69, 9.17) is 22.1 Å². The molecule has 7 heteroatoms. The number of nitrogens with two attached hydrogens (primary N) is 1. The lowest BCUT2D eigenvalue weighted by molar-refractivity contribution is -0.183. The first-order valence-electron chi connectivity index (χ1n) is 8.70. The number of rotatable bonds is 2. The van der Waals surface area contributed by atoms with Crippen LogP contribution in [0.4, 0.5) is 11.8 Å². The number of hydrogen-bond acceptors (Lipinski definition) is 6. The van der Waals surface area contributed by atoms with E-state index in [2.05, 4.69) is 28.7 Å². The summed E-state index contributed by atoms with van der Waals surface area (Å²) in [7, 11) is 0. The molecule has 0 radical (unpaired) electrons. The fourth-order valence-corrected chi connectivity index (χ4v) is 4.03. The molecule has 0 bridgehead atoms.